The second kappa shape index (κ2) is 13.2. The Hall–Kier alpha value is -1.02. The highest BCUT2D eigenvalue weighted by atomic mass is 16.7. The summed E-state index contributed by atoms with van der Waals surface area (Å²) in [6.07, 6.45) is 5.65. The zero-order valence-corrected chi connectivity index (χ0v) is 16.6. The number of hydrogen-bond acceptors (Lipinski definition) is 7. The number of aliphatic hydroxyl groups is 2. The summed E-state index contributed by atoms with van der Waals surface area (Å²) in [5.74, 6) is -1.55. The number of rotatable bonds is 14. The molecule has 0 radical (unpaired) electrons. The third kappa shape index (κ3) is 10.8. The van der Waals surface area contributed by atoms with E-state index in [4.69, 9.17) is 9.47 Å². The molecule has 7 nitrogen and oxygen atoms in total. The molecule has 0 aromatic heterocycles. The number of aliphatic carboxylic acids is 1. The molecule has 0 bridgehead atoms. The zero-order chi connectivity index (χ0) is 20.2. The van der Waals surface area contributed by atoms with E-state index in [2.05, 4.69) is 0 Å². The third-order valence-corrected chi connectivity index (χ3v) is 4.96. The molecule has 0 aliphatic carbocycles. The molecule has 1 heterocycles. The molecule has 0 unspecified atom stereocenters. The van der Waals surface area contributed by atoms with Gasteiger partial charge in [-0.3, -0.25) is 4.79 Å². The fourth-order valence-electron chi connectivity index (χ4n) is 3.25. The molecule has 1 aliphatic heterocycles. The van der Waals surface area contributed by atoms with Gasteiger partial charge in [0.05, 0.1) is 18.3 Å². The standard InChI is InChI=1S/C20H36O7/c1-14(26-20-18(23)13-17(22)15(2)27-20)10-8-6-4-3-5-7-9-11-16(21)12-19(24)25/h14-15,17-18,20,22-23H,3-13H2,1-2H3,(H,24,25)/p-1/t14-,15+,17-,18-,20-/m1/s1. The first kappa shape index (κ1) is 24.0. The lowest BCUT2D eigenvalue weighted by Gasteiger charge is -2.36. The van der Waals surface area contributed by atoms with Gasteiger partial charge in [0, 0.05) is 25.2 Å². The van der Waals surface area contributed by atoms with Crippen LogP contribution in [0.2, 0.25) is 0 Å². The van der Waals surface area contributed by atoms with Crippen molar-refractivity contribution in [2.45, 2.75) is 115 Å². The number of unbranched alkanes of at least 4 members (excludes halogenated alkanes) is 6. The Balaban J connectivity index is 1.97. The predicted octanol–water partition coefficient (Wildman–Crippen LogP) is 1.47. The molecular formula is C20H35O7-. The van der Waals surface area contributed by atoms with Crippen LogP contribution in [0.4, 0.5) is 0 Å². The maximum Gasteiger partial charge on any atom is 0.184 e. The van der Waals surface area contributed by atoms with Gasteiger partial charge in [0.1, 0.15) is 11.9 Å². The van der Waals surface area contributed by atoms with Crippen LogP contribution in [0.3, 0.4) is 0 Å². The zero-order valence-electron chi connectivity index (χ0n) is 16.6. The van der Waals surface area contributed by atoms with E-state index in [9.17, 15) is 24.9 Å². The van der Waals surface area contributed by atoms with Gasteiger partial charge in [-0.15, -0.1) is 0 Å². The molecule has 2 N–H and O–H groups in total. The number of ether oxygens (including phenoxy) is 2. The largest absolute Gasteiger partial charge is 0.550 e. The van der Waals surface area contributed by atoms with Gasteiger partial charge in [-0.05, 0) is 26.7 Å². The van der Waals surface area contributed by atoms with Crippen molar-refractivity contribution in [2.24, 2.45) is 0 Å². The lowest BCUT2D eigenvalue weighted by molar-refractivity contribution is -0.304. The Kier molecular flexibility index (Phi) is 11.7. The Morgan fingerprint density at radius 3 is 2.30 bits per heavy atom. The fraction of sp³-hybridized carbons (Fsp3) is 0.900. The Bertz CT molecular complexity index is 440. The normalized spacial score (nSPS) is 26.7. The van der Waals surface area contributed by atoms with Crippen LogP contribution in [0, 0.1) is 0 Å². The molecule has 0 aromatic carbocycles. The molecule has 0 aromatic rings. The van der Waals surface area contributed by atoms with Gasteiger partial charge in [-0.25, -0.2) is 0 Å². The summed E-state index contributed by atoms with van der Waals surface area (Å²) in [7, 11) is 0. The Morgan fingerprint density at radius 2 is 1.67 bits per heavy atom. The van der Waals surface area contributed by atoms with Crippen LogP contribution < -0.4 is 5.11 Å². The van der Waals surface area contributed by atoms with Crippen LogP contribution >= 0.6 is 0 Å². The maximum atomic E-state index is 11.2. The molecule has 7 heteroatoms. The molecule has 158 valence electrons. The van der Waals surface area contributed by atoms with E-state index < -0.39 is 30.9 Å². The molecule has 0 spiro atoms. The van der Waals surface area contributed by atoms with Crippen LogP contribution in [0.1, 0.15) is 84.5 Å². The molecule has 0 amide bonds. The van der Waals surface area contributed by atoms with Crippen LogP contribution in [-0.2, 0) is 19.1 Å². The minimum atomic E-state index is -1.30. The van der Waals surface area contributed by atoms with Gasteiger partial charge in [-0.2, -0.15) is 0 Å². The molecule has 1 rings (SSSR count). The van der Waals surface area contributed by atoms with Gasteiger partial charge in [0.2, 0.25) is 0 Å². The Labute approximate surface area is 162 Å². The molecule has 5 atom stereocenters. The van der Waals surface area contributed by atoms with E-state index in [1.165, 1.54) is 0 Å². The van der Waals surface area contributed by atoms with Crippen LogP contribution in [-0.4, -0.2) is 52.7 Å². The molecule has 1 fully saturated rings. The first-order chi connectivity index (χ1) is 12.8. The first-order valence-corrected chi connectivity index (χ1v) is 10.2. The molecule has 0 saturated carbocycles. The predicted molar refractivity (Wildman–Crippen MR) is 97.7 cm³/mol. The molecular weight excluding hydrogens is 352 g/mol. The fourth-order valence-corrected chi connectivity index (χ4v) is 3.25. The van der Waals surface area contributed by atoms with Crippen LogP contribution in [0.15, 0.2) is 0 Å². The number of ketones is 1. The number of carbonyl (C=O) groups is 2. The summed E-state index contributed by atoms with van der Waals surface area (Å²) in [4.78, 5) is 21.5. The third-order valence-electron chi connectivity index (χ3n) is 4.96. The topological polar surface area (TPSA) is 116 Å². The van der Waals surface area contributed by atoms with Crippen molar-refractivity contribution in [1.82, 2.24) is 0 Å². The van der Waals surface area contributed by atoms with Gasteiger partial charge in [0.25, 0.3) is 0 Å². The van der Waals surface area contributed by atoms with Gasteiger partial charge in [-0.1, -0.05) is 38.5 Å². The highest BCUT2D eigenvalue weighted by molar-refractivity contribution is 5.93. The SMILES string of the molecule is C[C@H](CCCCCCCCCC(=O)CC(=O)[O-])O[C@@H]1O[C@@H](C)[C@H](O)C[C@H]1O. The van der Waals surface area contributed by atoms with Crippen molar-refractivity contribution in [2.75, 3.05) is 0 Å². The smallest absolute Gasteiger partial charge is 0.184 e. The highest BCUT2D eigenvalue weighted by Crippen LogP contribution is 2.23. The second-order valence-corrected chi connectivity index (χ2v) is 7.63. The number of carboxylic acids is 1. The number of carbonyl (C=O) groups excluding carboxylic acids is 2. The average molecular weight is 387 g/mol. The maximum absolute atomic E-state index is 11.2. The van der Waals surface area contributed by atoms with Crippen molar-refractivity contribution >= 4 is 11.8 Å². The van der Waals surface area contributed by atoms with Crippen molar-refractivity contribution in [3.05, 3.63) is 0 Å². The van der Waals surface area contributed by atoms with Crippen molar-refractivity contribution in [1.29, 1.82) is 0 Å². The summed E-state index contributed by atoms with van der Waals surface area (Å²) in [5.41, 5.74) is 0. The van der Waals surface area contributed by atoms with E-state index in [1.54, 1.807) is 6.92 Å². The minimum absolute atomic E-state index is 0.0122. The average Bonchev–Trinajstić information content (AvgIpc) is 2.57. The minimum Gasteiger partial charge on any atom is -0.550 e. The summed E-state index contributed by atoms with van der Waals surface area (Å²) in [6, 6.07) is 0. The molecule has 1 saturated heterocycles. The van der Waals surface area contributed by atoms with Crippen molar-refractivity contribution in [3.63, 3.8) is 0 Å². The van der Waals surface area contributed by atoms with Crippen molar-refractivity contribution in [3.8, 4) is 0 Å². The summed E-state index contributed by atoms with van der Waals surface area (Å²) >= 11 is 0. The summed E-state index contributed by atoms with van der Waals surface area (Å²) in [5, 5.41) is 29.9. The van der Waals surface area contributed by atoms with E-state index in [1.807, 2.05) is 6.92 Å². The van der Waals surface area contributed by atoms with Gasteiger partial charge >= 0.3 is 0 Å². The second-order valence-electron chi connectivity index (χ2n) is 7.63. The molecule has 1 aliphatic rings. The van der Waals surface area contributed by atoms with E-state index in [0.29, 0.717) is 6.42 Å². The number of Topliss-reactive ketones (excluding diaryl/α,β-unsaturated/α-hetero) is 1. The quantitative estimate of drug-likeness (QED) is 0.342. The van der Waals surface area contributed by atoms with Crippen LogP contribution in [0.25, 0.3) is 0 Å². The monoisotopic (exact) mass is 387 g/mol. The number of carboxylic acid groups (broad SMARTS) is 1. The van der Waals surface area contributed by atoms with E-state index in [-0.39, 0.29) is 24.4 Å². The number of aliphatic hydroxyl groups excluding tert-OH is 2. The van der Waals surface area contributed by atoms with Gasteiger partial charge < -0.3 is 29.6 Å². The van der Waals surface area contributed by atoms with Crippen LogP contribution in [0.5, 0.6) is 0 Å². The van der Waals surface area contributed by atoms with E-state index >= 15 is 0 Å². The molecule has 27 heavy (non-hydrogen) atoms. The number of hydrogen-bond donors (Lipinski definition) is 2. The van der Waals surface area contributed by atoms with E-state index in [0.717, 1.165) is 51.4 Å². The van der Waals surface area contributed by atoms with Crippen molar-refractivity contribution < 1.29 is 34.4 Å². The first-order valence-electron chi connectivity index (χ1n) is 10.2. The lowest BCUT2D eigenvalue weighted by Crippen LogP contribution is -2.48. The Morgan fingerprint density at radius 1 is 1.07 bits per heavy atom. The summed E-state index contributed by atoms with van der Waals surface area (Å²) < 4.78 is 11.3. The van der Waals surface area contributed by atoms with Gasteiger partial charge in [0.15, 0.2) is 6.29 Å². The lowest BCUT2D eigenvalue weighted by atomic mass is 10.0. The summed E-state index contributed by atoms with van der Waals surface area (Å²) in [6.45, 7) is 3.74. The highest BCUT2D eigenvalue weighted by Gasteiger charge is 2.35.